The molecule has 0 fully saturated rings. The van der Waals surface area contributed by atoms with Crippen LogP contribution in [0.3, 0.4) is 0 Å². The highest BCUT2D eigenvalue weighted by Crippen LogP contribution is 2.23. The number of non-ortho nitro benzene ring substituents is 1. The van der Waals surface area contributed by atoms with Gasteiger partial charge < -0.3 is 15.1 Å². The van der Waals surface area contributed by atoms with Crippen LogP contribution < -0.4 is 4.90 Å². The molecule has 0 saturated carbocycles. The van der Waals surface area contributed by atoms with E-state index in [1.807, 2.05) is 24.1 Å². The first-order valence-corrected chi connectivity index (χ1v) is 7.26. The van der Waals surface area contributed by atoms with Gasteiger partial charge in [0, 0.05) is 31.4 Å². The summed E-state index contributed by atoms with van der Waals surface area (Å²) in [5, 5.41) is 37.0. The number of hydrogen-bond donors (Lipinski definition) is 2. The van der Waals surface area contributed by atoms with Crippen LogP contribution in [0.2, 0.25) is 0 Å². The fraction of sp³-hybridized carbons (Fsp3) is 0.250. The molecule has 0 radical (unpaired) electrons. The maximum atomic E-state index is 10.6. The highest BCUT2D eigenvalue weighted by molar-refractivity contribution is 5.52. The summed E-state index contributed by atoms with van der Waals surface area (Å²) < 4.78 is 0. The van der Waals surface area contributed by atoms with Gasteiger partial charge in [-0.3, -0.25) is 10.1 Å². The minimum absolute atomic E-state index is 0.00593. The number of likely N-dealkylation sites (N-methyl/N-ethyl adjacent to an activating group) is 1. The monoisotopic (exact) mass is 330 g/mol. The van der Waals surface area contributed by atoms with Crippen molar-refractivity contribution in [1.29, 1.82) is 0 Å². The normalized spacial score (nSPS) is 12.3. The molecule has 0 aromatic heterocycles. The van der Waals surface area contributed by atoms with Crippen LogP contribution in [-0.2, 0) is 0 Å². The molecule has 0 bridgehead atoms. The van der Waals surface area contributed by atoms with Crippen LogP contribution in [0.4, 0.5) is 22.7 Å². The van der Waals surface area contributed by atoms with E-state index in [4.69, 9.17) is 5.11 Å². The second kappa shape index (κ2) is 8.14. The minimum Gasteiger partial charge on any atom is -0.394 e. The van der Waals surface area contributed by atoms with Crippen molar-refractivity contribution in [1.82, 2.24) is 0 Å². The Balaban J connectivity index is 2.01. The van der Waals surface area contributed by atoms with Crippen LogP contribution >= 0.6 is 0 Å². The molecule has 2 rings (SSSR count). The van der Waals surface area contributed by atoms with Crippen molar-refractivity contribution < 1.29 is 15.1 Å². The molecular weight excluding hydrogens is 312 g/mol. The molecule has 0 spiro atoms. The summed E-state index contributed by atoms with van der Waals surface area (Å²) in [7, 11) is 1.81. The number of benzene rings is 2. The largest absolute Gasteiger partial charge is 0.394 e. The molecule has 1 unspecified atom stereocenters. The van der Waals surface area contributed by atoms with Gasteiger partial charge in [0.25, 0.3) is 5.69 Å². The van der Waals surface area contributed by atoms with E-state index >= 15 is 0 Å². The molecule has 0 amide bonds. The van der Waals surface area contributed by atoms with Gasteiger partial charge in [-0.2, -0.15) is 10.2 Å². The molecule has 2 aromatic rings. The summed E-state index contributed by atoms with van der Waals surface area (Å²) >= 11 is 0. The molecule has 8 nitrogen and oxygen atoms in total. The molecule has 24 heavy (non-hydrogen) atoms. The first-order valence-electron chi connectivity index (χ1n) is 7.26. The summed E-state index contributed by atoms with van der Waals surface area (Å²) in [6.07, 6.45) is -0.795. The number of nitro groups is 1. The molecule has 2 N–H and O–H groups in total. The van der Waals surface area contributed by atoms with Crippen molar-refractivity contribution in [3.63, 3.8) is 0 Å². The SMILES string of the molecule is CN(CC(O)CO)c1ccc(N=Nc2ccc([N+](=O)[O-])cc2)cc1. The lowest BCUT2D eigenvalue weighted by atomic mass is 10.2. The molecule has 2 aromatic carbocycles. The standard InChI is InChI=1S/C16H18N4O4/c1-19(10-16(22)11-21)14-6-2-12(3-7-14)17-18-13-4-8-15(9-5-13)20(23)24/h2-9,16,21-22H,10-11H2,1H3. The Kier molecular flexibility index (Phi) is 5.94. The third-order valence-corrected chi connectivity index (χ3v) is 3.33. The summed E-state index contributed by atoms with van der Waals surface area (Å²) in [5.74, 6) is 0. The van der Waals surface area contributed by atoms with Gasteiger partial charge in [0.05, 0.1) is 29.0 Å². The van der Waals surface area contributed by atoms with E-state index in [9.17, 15) is 15.2 Å². The molecule has 0 aliphatic rings. The number of aliphatic hydroxyl groups excluding tert-OH is 2. The van der Waals surface area contributed by atoms with E-state index in [-0.39, 0.29) is 12.3 Å². The van der Waals surface area contributed by atoms with Crippen molar-refractivity contribution in [2.75, 3.05) is 25.1 Å². The van der Waals surface area contributed by atoms with Gasteiger partial charge in [-0.05, 0) is 36.4 Å². The van der Waals surface area contributed by atoms with E-state index in [1.54, 1.807) is 12.1 Å². The van der Waals surface area contributed by atoms with Crippen LogP contribution in [0.25, 0.3) is 0 Å². The van der Waals surface area contributed by atoms with E-state index in [0.29, 0.717) is 17.9 Å². The van der Waals surface area contributed by atoms with Crippen LogP contribution in [0.15, 0.2) is 58.8 Å². The van der Waals surface area contributed by atoms with Crippen LogP contribution in [-0.4, -0.2) is 41.4 Å². The average Bonchev–Trinajstić information content (AvgIpc) is 2.60. The Labute approximate surface area is 138 Å². The zero-order valence-electron chi connectivity index (χ0n) is 13.1. The highest BCUT2D eigenvalue weighted by atomic mass is 16.6. The summed E-state index contributed by atoms with van der Waals surface area (Å²) in [6, 6.07) is 13.0. The van der Waals surface area contributed by atoms with E-state index < -0.39 is 11.0 Å². The molecule has 0 heterocycles. The second-order valence-electron chi connectivity index (χ2n) is 5.21. The zero-order chi connectivity index (χ0) is 17.5. The zero-order valence-corrected chi connectivity index (χ0v) is 13.1. The Morgan fingerprint density at radius 2 is 1.58 bits per heavy atom. The fourth-order valence-corrected chi connectivity index (χ4v) is 2.01. The van der Waals surface area contributed by atoms with E-state index in [0.717, 1.165) is 5.69 Å². The molecule has 126 valence electrons. The van der Waals surface area contributed by atoms with Gasteiger partial charge in [-0.1, -0.05) is 0 Å². The first-order chi connectivity index (χ1) is 11.5. The Bertz CT molecular complexity index is 701. The van der Waals surface area contributed by atoms with Gasteiger partial charge in [0.2, 0.25) is 0 Å². The quantitative estimate of drug-likeness (QED) is 0.460. The molecular formula is C16H18N4O4. The van der Waals surface area contributed by atoms with Crippen molar-refractivity contribution in [2.24, 2.45) is 10.2 Å². The van der Waals surface area contributed by atoms with Gasteiger partial charge in [-0.25, -0.2) is 0 Å². The predicted molar refractivity (Wildman–Crippen MR) is 90.1 cm³/mol. The Hall–Kier alpha value is -2.84. The average molecular weight is 330 g/mol. The lowest BCUT2D eigenvalue weighted by Gasteiger charge is -2.21. The smallest absolute Gasteiger partial charge is 0.269 e. The lowest BCUT2D eigenvalue weighted by molar-refractivity contribution is -0.384. The summed E-state index contributed by atoms with van der Waals surface area (Å²) in [6.45, 7) is 0.0338. The van der Waals surface area contributed by atoms with Crippen LogP contribution in [0, 0.1) is 10.1 Å². The number of nitro benzene ring substituents is 1. The number of aliphatic hydroxyl groups is 2. The maximum absolute atomic E-state index is 10.6. The lowest BCUT2D eigenvalue weighted by Crippen LogP contribution is -2.31. The molecule has 0 aliphatic carbocycles. The number of nitrogens with zero attached hydrogens (tertiary/aromatic N) is 4. The first kappa shape index (κ1) is 17.5. The Morgan fingerprint density at radius 3 is 2.04 bits per heavy atom. The molecule has 0 aliphatic heterocycles. The van der Waals surface area contributed by atoms with Gasteiger partial charge >= 0.3 is 0 Å². The number of azo groups is 1. The second-order valence-corrected chi connectivity index (χ2v) is 5.21. The summed E-state index contributed by atoms with van der Waals surface area (Å²) in [4.78, 5) is 11.9. The number of hydrogen-bond acceptors (Lipinski definition) is 7. The van der Waals surface area contributed by atoms with Crippen molar-refractivity contribution >= 4 is 22.7 Å². The van der Waals surface area contributed by atoms with Crippen molar-refractivity contribution in [2.45, 2.75) is 6.10 Å². The predicted octanol–water partition coefficient (Wildman–Crippen LogP) is 2.80. The third kappa shape index (κ3) is 4.83. The highest BCUT2D eigenvalue weighted by Gasteiger charge is 2.07. The minimum atomic E-state index is -0.795. The fourth-order valence-electron chi connectivity index (χ4n) is 2.01. The topological polar surface area (TPSA) is 112 Å². The van der Waals surface area contributed by atoms with Crippen LogP contribution in [0.1, 0.15) is 0 Å². The van der Waals surface area contributed by atoms with Crippen molar-refractivity contribution in [3.8, 4) is 0 Å². The number of rotatable bonds is 7. The third-order valence-electron chi connectivity index (χ3n) is 3.33. The van der Waals surface area contributed by atoms with Gasteiger partial charge in [0.1, 0.15) is 0 Å². The van der Waals surface area contributed by atoms with Gasteiger partial charge in [-0.15, -0.1) is 0 Å². The van der Waals surface area contributed by atoms with Crippen molar-refractivity contribution in [3.05, 3.63) is 58.6 Å². The van der Waals surface area contributed by atoms with E-state index in [2.05, 4.69) is 10.2 Å². The van der Waals surface area contributed by atoms with Gasteiger partial charge in [0.15, 0.2) is 0 Å². The maximum Gasteiger partial charge on any atom is 0.269 e. The Morgan fingerprint density at radius 1 is 1.08 bits per heavy atom. The number of anilines is 1. The molecule has 8 heteroatoms. The van der Waals surface area contributed by atoms with Crippen LogP contribution in [0.5, 0.6) is 0 Å². The summed E-state index contributed by atoms with van der Waals surface area (Å²) in [5.41, 5.74) is 2.03. The molecule has 0 saturated heterocycles. The molecule has 1 atom stereocenters. The van der Waals surface area contributed by atoms with E-state index in [1.165, 1.54) is 24.3 Å².